The number of nitrogens with zero attached hydrogens (tertiary/aromatic N) is 1. The summed E-state index contributed by atoms with van der Waals surface area (Å²) in [5.74, 6) is -0.490. The zero-order valence-electron chi connectivity index (χ0n) is 15.8. The SMILES string of the molecule is CCc1cccc2c(C(=O)/C(C#N)=C/c3ccc(OC(F)F)c(OC)c3)c[nH]c12. The molecule has 0 spiro atoms. The van der Waals surface area contributed by atoms with E-state index >= 15 is 0 Å². The summed E-state index contributed by atoms with van der Waals surface area (Å²) in [6, 6.07) is 11.8. The Morgan fingerprint density at radius 1 is 1.28 bits per heavy atom. The number of halogens is 2. The predicted octanol–water partition coefficient (Wildman–Crippen LogP) is 5.13. The van der Waals surface area contributed by atoms with Crippen molar-refractivity contribution in [2.75, 3.05) is 7.11 Å². The van der Waals surface area contributed by atoms with Gasteiger partial charge in [0.25, 0.3) is 0 Å². The number of H-pyrrole nitrogens is 1. The van der Waals surface area contributed by atoms with Crippen LogP contribution in [0.1, 0.15) is 28.4 Å². The number of allylic oxidation sites excluding steroid dienone is 1. The van der Waals surface area contributed by atoms with E-state index in [4.69, 9.17) is 4.74 Å². The van der Waals surface area contributed by atoms with Gasteiger partial charge >= 0.3 is 6.61 Å². The Hall–Kier alpha value is -3.66. The highest BCUT2D eigenvalue weighted by Crippen LogP contribution is 2.31. The van der Waals surface area contributed by atoms with Crippen LogP contribution in [0.3, 0.4) is 0 Å². The summed E-state index contributed by atoms with van der Waals surface area (Å²) in [5, 5.41) is 10.3. The Morgan fingerprint density at radius 2 is 2.07 bits per heavy atom. The van der Waals surface area contributed by atoms with Crippen molar-refractivity contribution in [1.29, 1.82) is 5.26 Å². The number of carbonyl (C=O) groups is 1. The van der Waals surface area contributed by atoms with E-state index in [9.17, 15) is 18.8 Å². The lowest BCUT2D eigenvalue weighted by atomic mass is 9.99. The number of benzene rings is 2. The summed E-state index contributed by atoms with van der Waals surface area (Å²) in [7, 11) is 1.31. The minimum Gasteiger partial charge on any atom is -0.493 e. The Bertz CT molecular complexity index is 1130. The Labute approximate surface area is 166 Å². The van der Waals surface area contributed by atoms with E-state index in [1.807, 2.05) is 31.2 Å². The lowest BCUT2D eigenvalue weighted by molar-refractivity contribution is -0.0512. The van der Waals surface area contributed by atoms with Gasteiger partial charge in [0.05, 0.1) is 7.11 Å². The van der Waals surface area contributed by atoms with Gasteiger partial charge in [-0.05, 0) is 35.8 Å². The standard InChI is InChI=1S/C22H18F2N2O3/c1-3-14-5-4-6-16-17(12-26-20(14)16)21(27)15(11-25)9-13-7-8-18(29-22(23)24)19(10-13)28-2/h4-10,12,22,26H,3H2,1-2H3/b15-9+. The minimum atomic E-state index is -2.99. The Kier molecular flexibility index (Phi) is 5.93. The largest absolute Gasteiger partial charge is 0.493 e. The van der Waals surface area contributed by atoms with Crippen molar-refractivity contribution in [3.8, 4) is 17.6 Å². The van der Waals surface area contributed by atoms with E-state index in [1.165, 1.54) is 31.4 Å². The van der Waals surface area contributed by atoms with E-state index < -0.39 is 12.4 Å². The second kappa shape index (κ2) is 8.57. The molecule has 148 valence electrons. The van der Waals surface area contributed by atoms with Crippen LogP contribution in [-0.4, -0.2) is 24.5 Å². The molecule has 0 saturated carbocycles. The fourth-order valence-electron chi connectivity index (χ4n) is 3.13. The minimum absolute atomic E-state index is 0.0727. The normalized spacial score (nSPS) is 11.5. The molecular formula is C22H18F2N2O3. The maximum Gasteiger partial charge on any atom is 0.387 e. The number of para-hydroxylation sites is 1. The zero-order chi connectivity index (χ0) is 21.0. The second-order valence-electron chi connectivity index (χ2n) is 6.18. The molecule has 29 heavy (non-hydrogen) atoms. The van der Waals surface area contributed by atoms with E-state index in [1.54, 1.807) is 6.20 Å². The molecule has 7 heteroatoms. The maximum absolute atomic E-state index is 13.0. The van der Waals surface area contributed by atoms with E-state index in [0.29, 0.717) is 11.1 Å². The molecule has 0 bridgehead atoms. The lowest BCUT2D eigenvalue weighted by Crippen LogP contribution is -2.04. The van der Waals surface area contributed by atoms with Crippen LogP contribution in [0.4, 0.5) is 8.78 Å². The van der Waals surface area contributed by atoms with E-state index in [2.05, 4.69) is 9.72 Å². The number of ketones is 1. The topological polar surface area (TPSA) is 75.1 Å². The molecule has 3 rings (SSSR count). The van der Waals surface area contributed by atoms with Crippen molar-refractivity contribution in [2.45, 2.75) is 20.0 Å². The molecule has 0 atom stereocenters. The first-order valence-corrected chi connectivity index (χ1v) is 8.86. The highest BCUT2D eigenvalue weighted by molar-refractivity contribution is 6.20. The van der Waals surface area contributed by atoms with Gasteiger partial charge in [-0.3, -0.25) is 4.79 Å². The third-order valence-corrected chi connectivity index (χ3v) is 4.51. The van der Waals surface area contributed by atoms with Gasteiger partial charge in [-0.15, -0.1) is 0 Å². The van der Waals surface area contributed by atoms with Crippen molar-refractivity contribution >= 4 is 22.8 Å². The summed E-state index contributed by atoms with van der Waals surface area (Å²) in [6.45, 7) is -0.969. The third-order valence-electron chi connectivity index (χ3n) is 4.51. The van der Waals surface area contributed by atoms with Gasteiger partial charge in [-0.25, -0.2) is 0 Å². The molecule has 0 saturated heterocycles. The van der Waals surface area contributed by atoms with Gasteiger partial charge in [-0.2, -0.15) is 14.0 Å². The van der Waals surface area contributed by atoms with Crippen LogP contribution in [0.15, 0.2) is 48.2 Å². The molecule has 2 aromatic carbocycles. The quantitative estimate of drug-likeness (QED) is 0.341. The van der Waals surface area contributed by atoms with Crippen LogP contribution in [0.2, 0.25) is 0 Å². The fourth-order valence-corrected chi connectivity index (χ4v) is 3.13. The molecule has 0 unspecified atom stereocenters. The smallest absolute Gasteiger partial charge is 0.387 e. The first kappa shape index (κ1) is 20.1. The number of alkyl halides is 2. The first-order valence-electron chi connectivity index (χ1n) is 8.86. The van der Waals surface area contributed by atoms with Gasteiger partial charge in [0.1, 0.15) is 11.6 Å². The van der Waals surface area contributed by atoms with Crippen LogP contribution >= 0.6 is 0 Å². The van der Waals surface area contributed by atoms with Crippen LogP contribution in [-0.2, 0) is 6.42 Å². The number of nitriles is 1. The number of ether oxygens (including phenoxy) is 2. The van der Waals surface area contributed by atoms with Gasteiger partial charge in [-0.1, -0.05) is 31.2 Å². The van der Waals surface area contributed by atoms with Crippen molar-refractivity contribution in [3.63, 3.8) is 0 Å². The van der Waals surface area contributed by atoms with Crippen molar-refractivity contribution in [3.05, 3.63) is 64.9 Å². The number of nitrogens with one attached hydrogen (secondary N) is 1. The summed E-state index contributed by atoms with van der Waals surface area (Å²) < 4.78 is 34.4. The van der Waals surface area contributed by atoms with Gasteiger partial charge < -0.3 is 14.5 Å². The Morgan fingerprint density at radius 3 is 2.72 bits per heavy atom. The molecule has 5 nitrogen and oxygen atoms in total. The molecule has 1 heterocycles. The van der Waals surface area contributed by atoms with Crippen LogP contribution in [0, 0.1) is 11.3 Å². The monoisotopic (exact) mass is 396 g/mol. The lowest BCUT2D eigenvalue weighted by Gasteiger charge is -2.10. The summed E-state index contributed by atoms with van der Waals surface area (Å²) in [6.07, 6.45) is 3.79. The number of Topliss-reactive ketones (excluding diaryl/α,β-unsaturated/α-hetero) is 1. The third kappa shape index (κ3) is 4.11. The molecule has 0 aliphatic heterocycles. The number of hydrogen-bond acceptors (Lipinski definition) is 4. The van der Waals surface area contributed by atoms with E-state index in [-0.39, 0.29) is 17.1 Å². The molecular weight excluding hydrogens is 378 g/mol. The average Bonchev–Trinajstić information content (AvgIpc) is 3.16. The predicted molar refractivity (Wildman–Crippen MR) is 105 cm³/mol. The van der Waals surface area contributed by atoms with Crippen LogP contribution in [0.5, 0.6) is 11.5 Å². The molecule has 3 aromatic rings. The molecule has 0 fully saturated rings. The molecule has 0 aliphatic carbocycles. The summed E-state index contributed by atoms with van der Waals surface area (Å²) in [4.78, 5) is 16.1. The molecule has 0 amide bonds. The fraction of sp³-hybridized carbons (Fsp3) is 0.182. The molecule has 1 N–H and O–H groups in total. The number of hydrogen-bond donors (Lipinski definition) is 1. The molecule has 0 radical (unpaired) electrons. The maximum atomic E-state index is 13.0. The second-order valence-corrected chi connectivity index (χ2v) is 6.18. The molecule has 1 aromatic heterocycles. The number of aromatic amines is 1. The average molecular weight is 396 g/mol. The summed E-state index contributed by atoms with van der Waals surface area (Å²) >= 11 is 0. The molecule has 0 aliphatic rings. The van der Waals surface area contributed by atoms with Crippen LogP contribution in [0.25, 0.3) is 17.0 Å². The highest BCUT2D eigenvalue weighted by Gasteiger charge is 2.18. The van der Waals surface area contributed by atoms with Crippen LogP contribution < -0.4 is 9.47 Å². The Balaban J connectivity index is 1.99. The number of methoxy groups -OCH3 is 1. The number of aromatic nitrogens is 1. The highest BCUT2D eigenvalue weighted by atomic mass is 19.3. The van der Waals surface area contributed by atoms with Crippen molar-refractivity contribution in [1.82, 2.24) is 4.98 Å². The number of fused-ring (bicyclic) bond motifs is 1. The van der Waals surface area contributed by atoms with E-state index in [0.717, 1.165) is 22.9 Å². The number of aryl methyl sites for hydroxylation is 1. The number of carbonyl (C=O) groups excluding carboxylic acids is 1. The van der Waals surface area contributed by atoms with Crippen molar-refractivity contribution in [2.24, 2.45) is 0 Å². The number of rotatable bonds is 7. The van der Waals surface area contributed by atoms with Crippen molar-refractivity contribution < 1.29 is 23.0 Å². The van der Waals surface area contributed by atoms with Gasteiger partial charge in [0.2, 0.25) is 5.78 Å². The van der Waals surface area contributed by atoms with Gasteiger partial charge in [0, 0.05) is 22.7 Å². The first-order chi connectivity index (χ1) is 14.0. The summed E-state index contributed by atoms with van der Waals surface area (Å²) in [5.41, 5.74) is 2.70. The zero-order valence-corrected chi connectivity index (χ0v) is 15.8. The van der Waals surface area contributed by atoms with Gasteiger partial charge in [0.15, 0.2) is 11.5 Å².